The van der Waals surface area contributed by atoms with Crippen molar-refractivity contribution in [2.45, 2.75) is 13.0 Å². The number of benzene rings is 1. The molecule has 1 aromatic heterocycles. The second kappa shape index (κ2) is 4.38. The molecule has 1 N–H and O–H groups in total. The maximum absolute atomic E-state index is 13.9. The Hall–Kier alpha value is -1.82. The summed E-state index contributed by atoms with van der Waals surface area (Å²) in [4.78, 5) is 4.07. The summed E-state index contributed by atoms with van der Waals surface area (Å²) in [6.07, 6.45) is 0.498. The Kier molecular flexibility index (Phi) is 2.82. The minimum atomic E-state index is -1.23. The normalized spacial score (nSPS) is 14.5. The van der Waals surface area contributed by atoms with Crippen molar-refractivity contribution in [3.05, 3.63) is 34.8 Å². The first-order chi connectivity index (χ1) is 9.13. The van der Waals surface area contributed by atoms with Crippen molar-refractivity contribution in [2.75, 3.05) is 19.0 Å². The van der Waals surface area contributed by atoms with Crippen molar-refractivity contribution in [3.63, 3.8) is 0 Å². The summed E-state index contributed by atoms with van der Waals surface area (Å²) in [6, 6.07) is 0.538. The number of fused-ring (bicyclic) bond motifs is 2. The number of hydrogen-bond donors (Lipinski definition) is 1. The van der Waals surface area contributed by atoms with E-state index in [1.54, 1.807) is 7.05 Å². The molecule has 6 heteroatoms. The van der Waals surface area contributed by atoms with E-state index < -0.39 is 17.5 Å². The Morgan fingerprint density at radius 1 is 1.26 bits per heavy atom. The second-order valence-electron chi connectivity index (χ2n) is 4.34. The molecule has 0 radical (unpaired) electrons. The molecule has 1 aliphatic heterocycles. The van der Waals surface area contributed by atoms with Gasteiger partial charge in [0.25, 0.3) is 0 Å². The molecule has 1 aromatic carbocycles. The molecule has 3 nitrogen and oxygen atoms in total. The Morgan fingerprint density at radius 3 is 2.79 bits per heavy atom. The van der Waals surface area contributed by atoms with Crippen LogP contribution in [-0.2, 0) is 17.8 Å². The molecule has 0 saturated heterocycles. The van der Waals surface area contributed by atoms with Crippen molar-refractivity contribution in [2.24, 2.45) is 0 Å². The van der Waals surface area contributed by atoms with Crippen molar-refractivity contribution in [1.82, 2.24) is 4.98 Å². The van der Waals surface area contributed by atoms with Crippen molar-refractivity contribution < 1.29 is 17.9 Å². The second-order valence-corrected chi connectivity index (χ2v) is 4.34. The first kappa shape index (κ1) is 12.2. The van der Waals surface area contributed by atoms with E-state index in [1.807, 2.05) is 0 Å². The van der Waals surface area contributed by atoms with Crippen LogP contribution in [0.15, 0.2) is 6.07 Å². The highest BCUT2D eigenvalue weighted by atomic mass is 19.2. The van der Waals surface area contributed by atoms with E-state index in [-0.39, 0.29) is 17.5 Å². The van der Waals surface area contributed by atoms with E-state index in [9.17, 15) is 13.2 Å². The molecule has 0 amide bonds. The molecule has 0 spiro atoms. The first-order valence-electron chi connectivity index (χ1n) is 5.88. The number of aromatic nitrogens is 1. The molecule has 0 atom stereocenters. The van der Waals surface area contributed by atoms with Crippen LogP contribution >= 0.6 is 0 Å². The Labute approximate surface area is 107 Å². The standard InChI is InChI=1S/C13H11F3N2O/c1-17-12-6-5-19-3-2-9(6)18-13-10(12)7(14)4-8(15)11(13)16/h4H,2-3,5H2,1H3,(H,17,18). The van der Waals surface area contributed by atoms with Crippen LogP contribution in [0.3, 0.4) is 0 Å². The summed E-state index contributed by atoms with van der Waals surface area (Å²) >= 11 is 0. The number of nitrogens with zero attached hydrogens (tertiary/aromatic N) is 1. The van der Waals surface area contributed by atoms with Crippen LogP contribution in [-0.4, -0.2) is 18.6 Å². The van der Waals surface area contributed by atoms with Crippen LogP contribution in [0.1, 0.15) is 11.3 Å². The first-order valence-corrected chi connectivity index (χ1v) is 5.88. The Bertz CT molecular complexity index is 673. The van der Waals surface area contributed by atoms with E-state index in [0.29, 0.717) is 36.0 Å². The zero-order valence-corrected chi connectivity index (χ0v) is 10.2. The quantitative estimate of drug-likeness (QED) is 0.807. The monoisotopic (exact) mass is 268 g/mol. The minimum absolute atomic E-state index is 0.0364. The predicted molar refractivity (Wildman–Crippen MR) is 64.5 cm³/mol. The van der Waals surface area contributed by atoms with Gasteiger partial charge in [0.2, 0.25) is 0 Å². The largest absolute Gasteiger partial charge is 0.387 e. The molecule has 0 fully saturated rings. The number of pyridine rings is 1. The summed E-state index contributed by atoms with van der Waals surface area (Å²) in [5.74, 6) is -3.19. The van der Waals surface area contributed by atoms with Gasteiger partial charge in [-0.15, -0.1) is 0 Å². The minimum Gasteiger partial charge on any atom is -0.387 e. The zero-order chi connectivity index (χ0) is 13.6. The van der Waals surface area contributed by atoms with Gasteiger partial charge in [-0.3, -0.25) is 0 Å². The van der Waals surface area contributed by atoms with Gasteiger partial charge < -0.3 is 10.1 Å². The highest BCUT2D eigenvalue weighted by Crippen LogP contribution is 2.34. The number of ether oxygens (including phenoxy) is 1. The molecule has 1 aliphatic rings. The van der Waals surface area contributed by atoms with Crippen LogP contribution in [0.25, 0.3) is 10.9 Å². The number of hydrogen-bond acceptors (Lipinski definition) is 3. The lowest BCUT2D eigenvalue weighted by Crippen LogP contribution is -2.15. The summed E-state index contributed by atoms with van der Waals surface area (Å²) in [6.45, 7) is 0.751. The summed E-state index contributed by atoms with van der Waals surface area (Å²) in [5, 5.41) is 2.80. The topological polar surface area (TPSA) is 34.2 Å². The van der Waals surface area contributed by atoms with Gasteiger partial charge in [-0.1, -0.05) is 0 Å². The molecular formula is C13H11F3N2O. The van der Waals surface area contributed by atoms with Gasteiger partial charge in [0.1, 0.15) is 11.3 Å². The van der Waals surface area contributed by atoms with Gasteiger partial charge in [-0.2, -0.15) is 0 Å². The predicted octanol–water partition coefficient (Wildman–Crippen LogP) is 2.77. The van der Waals surface area contributed by atoms with E-state index >= 15 is 0 Å². The molecule has 0 unspecified atom stereocenters. The van der Waals surface area contributed by atoms with Crippen molar-refractivity contribution in [1.29, 1.82) is 0 Å². The van der Waals surface area contributed by atoms with Gasteiger partial charge in [0, 0.05) is 25.1 Å². The molecule has 0 aliphatic carbocycles. The summed E-state index contributed by atoms with van der Waals surface area (Å²) in [7, 11) is 1.60. The molecule has 2 aromatic rings. The van der Waals surface area contributed by atoms with Gasteiger partial charge in [-0.25, -0.2) is 18.2 Å². The van der Waals surface area contributed by atoms with Gasteiger partial charge in [0.05, 0.1) is 30.0 Å². The maximum atomic E-state index is 13.9. The van der Waals surface area contributed by atoms with Crippen molar-refractivity contribution >= 4 is 16.6 Å². The highest BCUT2D eigenvalue weighted by molar-refractivity contribution is 5.94. The van der Waals surface area contributed by atoms with Gasteiger partial charge >= 0.3 is 0 Å². The Morgan fingerprint density at radius 2 is 2.05 bits per heavy atom. The van der Waals surface area contributed by atoms with E-state index in [0.717, 1.165) is 0 Å². The van der Waals surface area contributed by atoms with E-state index in [1.165, 1.54) is 0 Å². The molecule has 100 valence electrons. The highest BCUT2D eigenvalue weighted by Gasteiger charge is 2.23. The molecule has 2 heterocycles. The third kappa shape index (κ3) is 1.74. The maximum Gasteiger partial charge on any atom is 0.185 e. The SMILES string of the molecule is CNc1c2c(nc3c(F)c(F)cc(F)c13)CCOC2. The van der Waals surface area contributed by atoms with Crippen LogP contribution in [0, 0.1) is 17.5 Å². The lowest BCUT2D eigenvalue weighted by Gasteiger charge is -2.21. The van der Waals surface area contributed by atoms with Gasteiger partial charge in [-0.05, 0) is 0 Å². The third-order valence-electron chi connectivity index (χ3n) is 3.27. The molecule has 0 bridgehead atoms. The lowest BCUT2D eigenvalue weighted by molar-refractivity contribution is 0.110. The van der Waals surface area contributed by atoms with Crippen LogP contribution in [0.2, 0.25) is 0 Å². The molecule has 3 rings (SSSR count). The van der Waals surface area contributed by atoms with Crippen LogP contribution < -0.4 is 5.32 Å². The van der Waals surface area contributed by atoms with E-state index in [2.05, 4.69) is 10.3 Å². The number of rotatable bonds is 1. The molecule has 19 heavy (non-hydrogen) atoms. The van der Waals surface area contributed by atoms with Gasteiger partial charge in [0.15, 0.2) is 11.6 Å². The number of anilines is 1. The molecular weight excluding hydrogens is 257 g/mol. The Balaban J connectivity index is 2.46. The fraction of sp³-hybridized carbons (Fsp3) is 0.308. The van der Waals surface area contributed by atoms with Crippen LogP contribution in [0.4, 0.5) is 18.9 Å². The number of halogens is 3. The van der Waals surface area contributed by atoms with Crippen LogP contribution in [0.5, 0.6) is 0 Å². The summed E-state index contributed by atoms with van der Waals surface area (Å²) in [5.41, 5.74) is 1.46. The third-order valence-corrected chi connectivity index (χ3v) is 3.27. The average molecular weight is 268 g/mol. The zero-order valence-electron chi connectivity index (χ0n) is 10.2. The smallest absolute Gasteiger partial charge is 0.185 e. The summed E-state index contributed by atoms with van der Waals surface area (Å²) < 4.78 is 46.3. The fourth-order valence-electron chi connectivity index (χ4n) is 2.40. The van der Waals surface area contributed by atoms with Crippen molar-refractivity contribution in [3.8, 4) is 0 Å². The average Bonchev–Trinajstić information content (AvgIpc) is 2.42. The number of nitrogens with one attached hydrogen (secondary N) is 1. The van der Waals surface area contributed by atoms with E-state index in [4.69, 9.17) is 4.74 Å². The lowest BCUT2D eigenvalue weighted by atomic mass is 10.0. The molecule has 0 saturated carbocycles. The fourth-order valence-corrected chi connectivity index (χ4v) is 2.40.